The fourth-order valence-electron chi connectivity index (χ4n) is 2.58. The summed E-state index contributed by atoms with van der Waals surface area (Å²) in [6.45, 7) is 7.78. The lowest BCUT2D eigenvalue weighted by molar-refractivity contribution is 0.166. The van der Waals surface area contributed by atoms with E-state index in [1.165, 1.54) is 0 Å². The summed E-state index contributed by atoms with van der Waals surface area (Å²) in [6.07, 6.45) is 3.85. The van der Waals surface area contributed by atoms with Gasteiger partial charge in [-0.25, -0.2) is 0 Å². The van der Waals surface area contributed by atoms with Crippen LogP contribution < -0.4 is 5.32 Å². The van der Waals surface area contributed by atoms with E-state index in [1.54, 1.807) is 12.1 Å². The van der Waals surface area contributed by atoms with Crippen LogP contribution in [0.25, 0.3) is 0 Å². The van der Waals surface area contributed by atoms with Crippen molar-refractivity contribution in [2.75, 3.05) is 26.2 Å². The van der Waals surface area contributed by atoms with Crippen LogP contribution in [0.1, 0.15) is 24.4 Å². The van der Waals surface area contributed by atoms with Crippen molar-refractivity contribution >= 4 is 24.8 Å². The summed E-state index contributed by atoms with van der Waals surface area (Å²) in [5.41, 5.74) is 1.05. The Morgan fingerprint density at radius 1 is 1.19 bits per heavy atom. The largest absolute Gasteiger partial charge is 0.504 e. The van der Waals surface area contributed by atoms with Gasteiger partial charge in [-0.1, -0.05) is 12.1 Å². The van der Waals surface area contributed by atoms with Gasteiger partial charge in [0.1, 0.15) is 0 Å². The molecule has 1 aliphatic heterocycles. The van der Waals surface area contributed by atoms with Crippen LogP contribution in [-0.4, -0.2) is 41.3 Å². The first kappa shape index (κ1) is 20.1. The number of rotatable bonds is 5. The zero-order valence-corrected chi connectivity index (χ0v) is 13.6. The second-order valence-electron chi connectivity index (χ2n) is 4.92. The van der Waals surface area contributed by atoms with E-state index in [1.807, 2.05) is 12.1 Å². The van der Waals surface area contributed by atoms with E-state index in [9.17, 15) is 10.2 Å². The number of halogens is 2. The van der Waals surface area contributed by atoms with E-state index in [4.69, 9.17) is 0 Å². The average Bonchev–Trinajstić information content (AvgIpc) is 2.44. The number of allylic oxidation sites excluding steroid dienone is 1. The number of piperazine rings is 1. The molecule has 0 unspecified atom stereocenters. The Kier molecular flexibility index (Phi) is 9.46. The predicted octanol–water partition coefficient (Wildman–Crippen LogP) is 2.85. The zero-order valence-electron chi connectivity index (χ0n) is 12.0. The van der Waals surface area contributed by atoms with Crippen LogP contribution in [0.2, 0.25) is 0 Å². The molecule has 1 aromatic rings. The Morgan fingerprint density at radius 3 is 2.43 bits per heavy atom. The lowest BCUT2D eigenvalue weighted by Crippen LogP contribution is -2.45. The predicted molar refractivity (Wildman–Crippen MR) is 90.9 cm³/mol. The van der Waals surface area contributed by atoms with Crippen LogP contribution in [0.4, 0.5) is 0 Å². The van der Waals surface area contributed by atoms with Crippen molar-refractivity contribution in [2.45, 2.75) is 18.9 Å². The number of hydrogen-bond acceptors (Lipinski definition) is 4. The molecular formula is C15H24Cl2N2O2. The molecule has 0 spiro atoms. The van der Waals surface area contributed by atoms with E-state index in [-0.39, 0.29) is 42.4 Å². The van der Waals surface area contributed by atoms with Crippen LogP contribution >= 0.6 is 24.8 Å². The van der Waals surface area contributed by atoms with Crippen molar-refractivity contribution < 1.29 is 10.2 Å². The number of nitrogens with zero attached hydrogens (tertiary/aromatic N) is 1. The average molecular weight is 335 g/mol. The van der Waals surface area contributed by atoms with Gasteiger partial charge < -0.3 is 15.5 Å². The van der Waals surface area contributed by atoms with Crippen molar-refractivity contribution in [3.63, 3.8) is 0 Å². The van der Waals surface area contributed by atoms with Crippen LogP contribution in [0, 0.1) is 0 Å². The molecule has 1 saturated heterocycles. The molecule has 0 bridgehead atoms. The Hall–Kier alpha value is -0.940. The van der Waals surface area contributed by atoms with Crippen LogP contribution in [-0.2, 0) is 0 Å². The minimum Gasteiger partial charge on any atom is -0.504 e. The normalized spacial score (nSPS) is 16.4. The van der Waals surface area contributed by atoms with Gasteiger partial charge in [-0.2, -0.15) is 0 Å². The smallest absolute Gasteiger partial charge is 0.157 e. The zero-order chi connectivity index (χ0) is 13.7. The summed E-state index contributed by atoms with van der Waals surface area (Å²) in [4.78, 5) is 2.42. The maximum atomic E-state index is 9.67. The molecule has 1 fully saturated rings. The third-order valence-corrected chi connectivity index (χ3v) is 3.62. The van der Waals surface area contributed by atoms with Gasteiger partial charge in [-0.05, 0) is 30.5 Å². The van der Waals surface area contributed by atoms with Crippen molar-refractivity contribution in [2.24, 2.45) is 0 Å². The molecule has 0 radical (unpaired) electrons. The van der Waals surface area contributed by atoms with Crippen molar-refractivity contribution in [3.05, 3.63) is 36.4 Å². The maximum Gasteiger partial charge on any atom is 0.157 e. The number of nitrogens with one attached hydrogen (secondary N) is 1. The van der Waals surface area contributed by atoms with Crippen molar-refractivity contribution in [1.82, 2.24) is 10.2 Å². The van der Waals surface area contributed by atoms with Gasteiger partial charge in [0, 0.05) is 32.2 Å². The van der Waals surface area contributed by atoms with Gasteiger partial charge >= 0.3 is 0 Å². The second kappa shape index (κ2) is 9.90. The van der Waals surface area contributed by atoms with Crippen molar-refractivity contribution in [3.8, 4) is 11.5 Å². The molecule has 1 heterocycles. The molecule has 1 aliphatic rings. The molecule has 0 saturated carbocycles. The molecule has 4 nitrogen and oxygen atoms in total. The monoisotopic (exact) mass is 334 g/mol. The summed E-state index contributed by atoms with van der Waals surface area (Å²) in [6, 6.07) is 5.40. The fraction of sp³-hybridized carbons (Fsp3) is 0.467. The third kappa shape index (κ3) is 5.40. The van der Waals surface area contributed by atoms with E-state index >= 15 is 0 Å². The molecule has 120 valence electrons. The first-order valence-corrected chi connectivity index (χ1v) is 6.80. The number of hydrogen-bond donors (Lipinski definition) is 3. The quantitative estimate of drug-likeness (QED) is 0.572. The standard InChI is InChI=1S/C15H22N2O2.2ClH/c1-2-3-4-13(17-9-7-16-8-10-17)12-5-6-14(18)15(19)11-12;;/h2,5-6,11,13,16,18-19H,1,3-4,7-10H2;2*1H/t13-;;/m1../s1. The molecule has 1 aromatic carbocycles. The molecule has 21 heavy (non-hydrogen) atoms. The highest BCUT2D eigenvalue weighted by molar-refractivity contribution is 5.85. The lowest BCUT2D eigenvalue weighted by Gasteiger charge is -2.35. The van der Waals surface area contributed by atoms with Crippen LogP contribution in [0.3, 0.4) is 0 Å². The van der Waals surface area contributed by atoms with E-state index in [2.05, 4.69) is 16.8 Å². The fourth-order valence-corrected chi connectivity index (χ4v) is 2.58. The van der Waals surface area contributed by atoms with E-state index in [0.29, 0.717) is 0 Å². The van der Waals surface area contributed by atoms with Crippen LogP contribution in [0.15, 0.2) is 30.9 Å². The number of phenolic OH excluding ortho intramolecular Hbond substituents is 2. The molecule has 3 N–H and O–H groups in total. The summed E-state index contributed by atoms with van der Waals surface area (Å²) in [7, 11) is 0. The molecule has 0 amide bonds. The summed E-state index contributed by atoms with van der Waals surface area (Å²) in [5, 5.41) is 22.4. The van der Waals surface area contributed by atoms with Gasteiger partial charge in [-0.15, -0.1) is 31.4 Å². The second-order valence-corrected chi connectivity index (χ2v) is 4.92. The molecule has 1 atom stereocenters. The van der Waals surface area contributed by atoms with Crippen LogP contribution in [0.5, 0.6) is 11.5 Å². The highest BCUT2D eigenvalue weighted by Crippen LogP contribution is 2.32. The Balaban J connectivity index is 0.00000200. The lowest BCUT2D eigenvalue weighted by atomic mass is 9.99. The maximum absolute atomic E-state index is 9.67. The Bertz CT molecular complexity index is 438. The Labute approximate surface area is 138 Å². The number of benzene rings is 1. The first-order valence-electron chi connectivity index (χ1n) is 6.80. The molecule has 0 aromatic heterocycles. The number of phenols is 2. The van der Waals surface area contributed by atoms with E-state index in [0.717, 1.165) is 44.6 Å². The minimum absolute atomic E-state index is 0. The first-order chi connectivity index (χ1) is 9.22. The van der Waals surface area contributed by atoms with Gasteiger partial charge in [0.2, 0.25) is 0 Å². The minimum atomic E-state index is -0.0634. The highest BCUT2D eigenvalue weighted by Gasteiger charge is 2.22. The molecule has 6 heteroatoms. The van der Waals surface area contributed by atoms with Gasteiger partial charge in [-0.3, -0.25) is 4.90 Å². The summed E-state index contributed by atoms with van der Waals surface area (Å²) in [5.74, 6) is -0.109. The highest BCUT2D eigenvalue weighted by atomic mass is 35.5. The van der Waals surface area contributed by atoms with E-state index < -0.39 is 0 Å². The molecule has 0 aliphatic carbocycles. The summed E-state index contributed by atoms with van der Waals surface area (Å²) >= 11 is 0. The number of aromatic hydroxyl groups is 2. The molecule has 2 rings (SSSR count). The van der Waals surface area contributed by atoms with Gasteiger partial charge in [0.25, 0.3) is 0 Å². The summed E-state index contributed by atoms with van der Waals surface area (Å²) < 4.78 is 0. The Morgan fingerprint density at radius 2 is 1.86 bits per heavy atom. The van der Waals surface area contributed by atoms with Gasteiger partial charge in [0.15, 0.2) is 11.5 Å². The molecular weight excluding hydrogens is 311 g/mol. The van der Waals surface area contributed by atoms with Crippen molar-refractivity contribution in [1.29, 1.82) is 0 Å². The van der Waals surface area contributed by atoms with Gasteiger partial charge in [0.05, 0.1) is 0 Å². The SMILES string of the molecule is C=CCC[C@H](c1ccc(O)c(O)c1)N1CCNCC1.Cl.Cl. The topological polar surface area (TPSA) is 55.7 Å². The third-order valence-electron chi connectivity index (χ3n) is 3.62.